The van der Waals surface area contributed by atoms with Crippen LogP contribution in [-0.4, -0.2) is 28.1 Å². The lowest BCUT2D eigenvalue weighted by atomic mass is 9.82. The Morgan fingerprint density at radius 1 is 0.470 bits per heavy atom. The van der Waals surface area contributed by atoms with Gasteiger partial charge in [0, 0.05) is 61.7 Å². The summed E-state index contributed by atoms with van der Waals surface area (Å²) in [6, 6.07) is 30.8. The molecule has 0 aliphatic heterocycles. The van der Waals surface area contributed by atoms with Crippen LogP contribution in [0.4, 0.5) is 0 Å². The molecular weight excluding hydrogens is 1080 g/mol. The summed E-state index contributed by atoms with van der Waals surface area (Å²) < 4.78 is 9.07. The molecule has 330 valence electrons. The SMILES string of the molecule is COc1c2cccc(C#Cc3cc(Br)c(C(=[N+]=[N-])c4c(C)cc(C(C)(C)C)cc4C)c(Br)c3)c2cc2c(C#Cc3cc(Br)c(C(=[N+]=[N-])c4c(C)cc(C(C)(C)C)cc4C)c(Br)c3)cccc12. The Labute approximate surface area is 422 Å². The van der Waals surface area contributed by atoms with Gasteiger partial charge in [0.25, 0.3) is 0 Å². The minimum absolute atomic E-state index is 0.0162. The highest BCUT2D eigenvalue weighted by Gasteiger charge is 2.29. The summed E-state index contributed by atoms with van der Waals surface area (Å²) in [5.41, 5.74) is 34.8. The molecule has 0 unspecified atom stereocenters. The zero-order valence-corrected chi connectivity index (χ0v) is 45.2. The van der Waals surface area contributed by atoms with E-state index < -0.39 is 0 Å². The number of rotatable bonds is 5. The molecule has 0 heterocycles. The average molecular weight is 1120 g/mol. The van der Waals surface area contributed by atoms with Crippen LogP contribution < -0.4 is 4.74 Å². The third-order valence-corrected chi connectivity index (χ3v) is 14.4. The van der Waals surface area contributed by atoms with E-state index in [1.54, 1.807) is 7.11 Å². The van der Waals surface area contributed by atoms with Gasteiger partial charge < -0.3 is 15.8 Å². The molecular formula is C57H48Br4N4O. The van der Waals surface area contributed by atoms with E-state index in [0.717, 1.165) is 112 Å². The molecule has 66 heavy (non-hydrogen) atoms. The lowest BCUT2D eigenvalue weighted by Gasteiger charge is -2.21. The van der Waals surface area contributed by atoms with Gasteiger partial charge in [-0.05, 0) is 178 Å². The van der Waals surface area contributed by atoms with Gasteiger partial charge in [-0.2, -0.15) is 9.58 Å². The van der Waals surface area contributed by atoms with Crippen molar-refractivity contribution in [1.29, 1.82) is 0 Å². The van der Waals surface area contributed by atoms with Crippen LogP contribution >= 0.6 is 63.7 Å². The number of halogens is 4. The van der Waals surface area contributed by atoms with Crippen molar-refractivity contribution < 1.29 is 14.3 Å². The molecule has 0 aromatic heterocycles. The maximum Gasteiger partial charge on any atom is 0.332 e. The molecule has 0 spiro atoms. The van der Waals surface area contributed by atoms with E-state index >= 15 is 0 Å². The van der Waals surface area contributed by atoms with Crippen LogP contribution in [0.3, 0.4) is 0 Å². The van der Waals surface area contributed by atoms with E-state index in [1.165, 1.54) is 11.1 Å². The summed E-state index contributed by atoms with van der Waals surface area (Å²) in [6.07, 6.45) is 0. The van der Waals surface area contributed by atoms with E-state index in [9.17, 15) is 11.1 Å². The lowest BCUT2D eigenvalue weighted by molar-refractivity contribution is -0.00343. The molecule has 7 aromatic rings. The van der Waals surface area contributed by atoms with Crippen molar-refractivity contribution in [3.63, 3.8) is 0 Å². The van der Waals surface area contributed by atoms with Crippen LogP contribution in [-0.2, 0) is 10.8 Å². The molecule has 0 saturated heterocycles. The zero-order valence-electron chi connectivity index (χ0n) is 38.9. The van der Waals surface area contributed by atoms with Crippen LogP contribution in [0.25, 0.3) is 32.6 Å². The second-order valence-corrected chi connectivity index (χ2v) is 22.1. The zero-order chi connectivity index (χ0) is 48.0. The first-order valence-electron chi connectivity index (χ1n) is 21.4. The van der Waals surface area contributed by atoms with E-state index in [-0.39, 0.29) is 10.8 Å². The largest absolute Gasteiger partial charge is 0.495 e. The number of aryl methyl sites for hydroxylation is 4. The molecule has 9 heteroatoms. The molecule has 0 aliphatic rings. The van der Waals surface area contributed by atoms with Crippen molar-refractivity contribution in [1.82, 2.24) is 0 Å². The molecule has 5 nitrogen and oxygen atoms in total. The molecule has 0 N–H and O–H groups in total. The van der Waals surface area contributed by atoms with Gasteiger partial charge in [0.2, 0.25) is 0 Å². The highest BCUT2D eigenvalue weighted by Crippen LogP contribution is 2.39. The van der Waals surface area contributed by atoms with Crippen molar-refractivity contribution in [2.45, 2.75) is 80.1 Å². The molecule has 0 radical (unpaired) electrons. The number of benzene rings is 7. The summed E-state index contributed by atoms with van der Waals surface area (Å²) in [5.74, 6) is 14.4. The predicted octanol–water partition coefficient (Wildman–Crippen LogP) is 15.8. The third kappa shape index (κ3) is 9.58. The van der Waals surface area contributed by atoms with Crippen molar-refractivity contribution in [3.8, 4) is 29.4 Å². The maximum absolute atomic E-state index is 10.4. The first-order valence-corrected chi connectivity index (χ1v) is 24.6. The number of nitrogens with zero attached hydrogens (tertiary/aromatic N) is 4. The van der Waals surface area contributed by atoms with E-state index in [0.29, 0.717) is 11.4 Å². The summed E-state index contributed by atoms with van der Waals surface area (Å²) >= 11 is 15.1. The Morgan fingerprint density at radius 2 is 0.803 bits per heavy atom. The van der Waals surface area contributed by atoms with Crippen LogP contribution in [0, 0.1) is 51.4 Å². The smallest absolute Gasteiger partial charge is 0.332 e. The fourth-order valence-electron chi connectivity index (χ4n) is 8.58. The van der Waals surface area contributed by atoms with Gasteiger partial charge >= 0.3 is 11.4 Å². The number of fused-ring (bicyclic) bond motifs is 2. The summed E-state index contributed by atoms with van der Waals surface area (Å²) in [4.78, 5) is 7.65. The van der Waals surface area contributed by atoms with Gasteiger partial charge in [0.05, 0.1) is 29.4 Å². The molecule has 0 aliphatic carbocycles. The lowest BCUT2D eigenvalue weighted by Crippen LogP contribution is -2.16. The monoisotopic (exact) mass is 1120 g/mol. The molecule has 7 rings (SSSR count). The number of hydrogen-bond donors (Lipinski definition) is 0. The van der Waals surface area contributed by atoms with E-state index in [4.69, 9.17) is 4.74 Å². The second kappa shape index (κ2) is 19.1. The molecule has 0 amide bonds. The fraction of sp³-hybridized carbons (Fsp3) is 0.228. The second-order valence-electron chi connectivity index (χ2n) is 18.7. The Balaban J connectivity index is 1.26. The topological polar surface area (TPSA) is 82.0 Å². The van der Waals surface area contributed by atoms with Crippen LogP contribution in [0.5, 0.6) is 5.75 Å². The molecule has 0 bridgehead atoms. The number of hydrogen-bond acceptors (Lipinski definition) is 1. The first-order chi connectivity index (χ1) is 31.2. The van der Waals surface area contributed by atoms with Crippen LogP contribution in [0.2, 0.25) is 0 Å². The maximum atomic E-state index is 10.4. The minimum atomic E-state index is -0.0162. The van der Waals surface area contributed by atoms with Crippen molar-refractivity contribution in [2.24, 2.45) is 0 Å². The minimum Gasteiger partial charge on any atom is -0.495 e. The van der Waals surface area contributed by atoms with Crippen molar-refractivity contribution >= 4 is 96.7 Å². The van der Waals surface area contributed by atoms with Crippen LogP contribution in [0.1, 0.15) is 119 Å². The van der Waals surface area contributed by atoms with Gasteiger partial charge in [-0.25, -0.2) is 0 Å². The standard InChI is InChI=1S/C57H48Br4N4O/c1-31-22-39(56(5,6)7)23-32(2)49(31)53(64-62)51-45(58)26-35(27-46(51)59)18-20-37-14-12-16-41-43(37)30-44-38(15-13-17-42(44)55(41)66-11)21-19-36-28-47(60)52(48(61)29-36)54(65-63)50-33(3)24-40(25-34(50)4)57(8,9)10/h12-17,22-30H,1-11H3. The molecule has 7 aromatic carbocycles. The Morgan fingerprint density at radius 3 is 1.09 bits per heavy atom. The van der Waals surface area contributed by atoms with Gasteiger partial charge in [0.1, 0.15) is 5.75 Å². The van der Waals surface area contributed by atoms with E-state index in [2.05, 4.69) is 209 Å². The number of ether oxygens (including phenoxy) is 1. The molecule has 0 atom stereocenters. The molecule has 0 fully saturated rings. The van der Waals surface area contributed by atoms with Gasteiger partial charge in [-0.1, -0.05) is 114 Å². The van der Waals surface area contributed by atoms with Gasteiger partial charge in [-0.15, -0.1) is 0 Å². The first kappa shape index (κ1) is 48.6. The van der Waals surface area contributed by atoms with E-state index in [1.807, 2.05) is 48.5 Å². The molecule has 0 saturated carbocycles. The summed E-state index contributed by atoms with van der Waals surface area (Å²) in [5, 5.41) is 3.75. The predicted molar refractivity (Wildman–Crippen MR) is 287 cm³/mol. The number of methoxy groups -OCH3 is 1. The van der Waals surface area contributed by atoms with Gasteiger partial charge in [-0.3, -0.25) is 0 Å². The average Bonchev–Trinajstić information content (AvgIpc) is 3.23. The fourth-order valence-corrected chi connectivity index (χ4v) is 11.7. The summed E-state index contributed by atoms with van der Waals surface area (Å²) in [6.45, 7) is 21.4. The Kier molecular flexibility index (Phi) is 14.1. The van der Waals surface area contributed by atoms with Crippen molar-refractivity contribution in [3.05, 3.63) is 198 Å². The van der Waals surface area contributed by atoms with Crippen LogP contribution in [0.15, 0.2) is 109 Å². The highest BCUT2D eigenvalue weighted by molar-refractivity contribution is 9.11. The van der Waals surface area contributed by atoms with Gasteiger partial charge in [0.15, 0.2) is 0 Å². The van der Waals surface area contributed by atoms with Crippen molar-refractivity contribution in [2.75, 3.05) is 7.11 Å². The summed E-state index contributed by atoms with van der Waals surface area (Å²) in [7, 11) is 1.69. The Bertz CT molecular complexity index is 3110. The highest BCUT2D eigenvalue weighted by atomic mass is 79.9. The normalized spacial score (nSPS) is 11.3. The quantitative estimate of drug-likeness (QED) is 0.0556. The Hall–Kier alpha value is -5.34. The third-order valence-electron chi connectivity index (χ3n) is 11.9.